The second kappa shape index (κ2) is 2.61. The minimum atomic E-state index is -3.61. The molecular formula is C8H5O6P. The van der Waals surface area contributed by atoms with Crippen LogP contribution in [0.4, 0.5) is 0 Å². The Bertz CT molecular complexity index is 532. The summed E-state index contributed by atoms with van der Waals surface area (Å²) in [5.74, 6) is -0.267. The van der Waals surface area contributed by atoms with E-state index in [1.807, 2.05) is 0 Å². The van der Waals surface area contributed by atoms with Crippen molar-refractivity contribution in [1.29, 1.82) is 0 Å². The summed E-state index contributed by atoms with van der Waals surface area (Å²) in [6, 6.07) is 4.66. The van der Waals surface area contributed by atoms with Crippen molar-refractivity contribution in [1.82, 2.24) is 0 Å². The van der Waals surface area contributed by atoms with Crippen LogP contribution in [0.3, 0.4) is 0 Å². The molecule has 1 aromatic rings. The highest BCUT2D eigenvalue weighted by molar-refractivity contribution is 7.50. The first-order chi connectivity index (χ1) is 7.18. The summed E-state index contributed by atoms with van der Waals surface area (Å²) >= 11 is 0. The van der Waals surface area contributed by atoms with Crippen LogP contribution in [0.1, 0.15) is 0 Å². The van der Waals surface area contributed by atoms with Crippen LogP contribution in [0.5, 0.6) is 23.2 Å². The lowest BCUT2D eigenvalue weighted by Crippen LogP contribution is -1.96. The van der Waals surface area contributed by atoms with Gasteiger partial charge in [0.2, 0.25) is 5.75 Å². The lowest BCUT2D eigenvalue weighted by molar-refractivity contribution is 0.296. The largest absolute Gasteiger partial charge is 0.647 e. The summed E-state index contributed by atoms with van der Waals surface area (Å²) in [5.41, 5.74) is 0. The first kappa shape index (κ1) is 8.49. The Kier molecular flexibility index (Phi) is 1.48. The molecule has 1 aromatic heterocycles. The van der Waals surface area contributed by atoms with Crippen LogP contribution in [0.2, 0.25) is 0 Å². The van der Waals surface area contributed by atoms with Crippen LogP contribution in [0.15, 0.2) is 28.9 Å². The molecule has 78 valence electrons. The predicted molar refractivity (Wildman–Crippen MR) is 47.5 cm³/mol. The van der Waals surface area contributed by atoms with Crippen molar-refractivity contribution in [3.63, 3.8) is 0 Å². The van der Waals surface area contributed by atoms with E-state index in [-0.39, 0.29) is 17.2 Å². The van der Waals surface area contributed by atoms with Crippen molar-refractivity contribution in [3.8, 4) is 23.2 Å². The molecule has 0 aliphatic carbocycles. The van der Waals surface area contributed by atoms with Gasteiger partial charge >= 0.3 is 13.8 Å². The topological polar surface area (TPSA) is 78.1 Å². The van der Waals surface area contributed by atoms with Gasteiger partial charge in [-0.2, -0.15) is 4.57 Å². The summed E-state index contributed by atoms with van der Waals surface area (Å²) in [7, 11) is -3.61. The molecule has 0 amide bonds. The number of fused-ring (bicyclic) bond motifs is 1. The Labute approximate surface area is 83.9 Å². The number of phosphoric ester groups is 1. The third-order valence-electron chi connectivity index (χ3n) is 1.86. The van der Waals surface area contributed by atoms with Crippen molar-refractivity contribution in [2.24, 2.45) is 0 Å². The van der Waals surface area contributed by atoms with E-state index in [1.165, 1.54) is 18.4 Å². The number of aromatic hydroxyl groups is 1. The fourth-order valence-electron chi connectivity index (χ4n) is 1.27. The van der Waals surface area contributed by atoms with E-state index in [0.717, 1.165) is 0 Å². The van der Waals surface area contributed by atoms with Crippen molar-refractivity contribution in [2.75, 3.05) is 0 Å². The van der Waals surface area contributed by atoms with Crippen LogP contribution in [-0.4, -0.2) is 5.11 Å². The van der Waals surface area contributed by atoms with Crippen molar-refractivity contribution in [3.05, 3.63) is 24.5 Å². The lowest BCUT2D eigenvalue weighted by atomic mass is 10.4. The molecule has 1 atom stereocenters. The van der Waals surface area contributed by atoms with Crippen molar-refractivity contribution >= 4 is 7.82 Å². The molecule has 3 heterocycles. The smallest absolute Gasteiger partial charge is 0.478 e. The Morgan fingerprint density at radius 1 is 1.13 bits per heavy atom. The zero-order valence-electron chi connectivity index (χ0n) is 7.25. The average Bonchev–Trinajstić information content (AvgIpc) is 2.68. The van der Waals surface area contributed by atoms with Crippen LogP contribution in [0.25, 0.3) is 0 Å². The molecule has 2 aliphatic heterocycles. The first-order valence-corrected chi connectivity index (χ1v) is 5.51. The van der Waals surface area contributed by atoms with E-state index in [2.05, 4.69) is 0 Å². The first-order valence-electron chi connectivity index (χ1n) is 4.04. The van der Waals surface area contributed by atoms with Gasteiger partial charge in [0.15, 0.2) is 5.75 Å². The van der Waals surface area contributed by atoms with Gasteiger partial charge in [-0.3, -0.25) is 0 Å². The van der Waals surface area contributed by atoms with E-state index in [9.17, 15) is 9.67 Å². The van der Waals surface area contributed by atoms with Gasteiger partial charge in [-0.1, -0.05) is 6.07 Å². The third kappa shape index (κ3) is 1.15. The number of rotatable bonds is 0. The maximum absolute atomic E-state index is 11.6. The normalized spacial score (nSPS) is 23.7. The molecule has 2 bridgehead atoms. The highest BCUT2D eigenvalue weighted by Gasteiger charge is 2.51. The van der Waals surface area contributed by atoms with Crippen molar-refractivity contribution < 1.29 is 27.7 Å². The standard InChI is InChI=1S/C8H5O6P/c9-8-7-6-5(3-1-2-4-11-8)12-15(10,13-6)14-7/h1-4,9H. The van der Waals surface area contributed by atoms with Gasteiger partial charge in [0.1, 0.15) is 0 Å². The maximum Gasteiger partial charge on any atom is 0.647 e. The molecule has 0 aromatic carbocycles. The molecule has 1 N–H and O–H groups in total. The molecule has 6 nitrogen and oxygen atoms in total. The minimum absolute atomic E-state index is 0.0933. The van der Waals surface area contributed by atoms with Gasteiger partial charge in [-0.15, -0.1) is 0 Å². The minimum Gasteiger partial charge on any atom is -0.478 e. The Balaban J connectivity index is 2.40. The Morgan fingerprint density at radius 3 is 2.73 bits per heavy atom. The highest BCUT2D eigenvalue weighted by atomic mass is 31.2. The third-order valence-corrected chi connectivity index (χ3v) is 3.09. The fourth-order valence-corrected chi connectivity index (χ4v) is 2.55. The predicted octanol–water partition coefficient (Wildman–Crippen LogP) is 2.38. The number of phosphoric acid groups is 1. The SMILES string of the molecule is O=P12Oc3ccccoc(O)c(c3O1)O2. The van der Waals surface area contributed by atoms with Gasteiger partial charge in [0, 0.05) is 0 Å². The second-order valence-electron chi connectivity index (χ2n) is 2.85. The molecule has 2 aliphatic rings. The summed E-state index contributed by atoms with van der Waals surface area (Å²) < 4.78 is 31.0. The zero-order valence-corrected chi connectivity index (χ0v) is 8.14. The summed E-state index contributed by atoms with van der Waals surface area (Å²) in [4.78, 5) is 0. The molecular weight excluding hydrogens is 223 g/mol. The molecule has 0 saturated heterocycles. The molecule has 0 fully saturated rings. The van der Waals surface area contributed by atoms with Gasteiger partial charge in [0.05, 0.1) is 6.26 Å². The molecule has 1 unspecified atom stereocenters. The fraction of sp³-hybridized carbons (Fsp3) is 0. The summed E-state index contributed by atoms with van der Waals surface area (Å²) in [5, 5.41) is 9.42. The Hall–Kier alpha value is -1.81. The number of hydrogen-bond acceptors (Lipinski definition) is 6. The molecule has 3 rings (SSSR count). The molecule has 15 heavy (non-hydrogen) atoms. The quantitative estimate of drug-likeness (QED) is 0.686. The number of hydrogen-bond donors (Lipinski definition) is 1. The summed E-state index contributed by atoms with van der Waals surface area (Å²) in [6.07, 6.45) is 1.25. The van der Waals surface area contributed by atoms with E-state index in [1.54, 1.807) is 6.07 Å². The molecule has 0 spiro atoms. The van der Waals surface area contributed by atoms with E-state index in [4.69, 9.17) is 18.0 Å². The van der Waals surface area contributed by atoms with Crippen LogP contribution in [-0.2, 0) is 4.57 Å². The van der Waals surface area contributed by atoms with Gasteiger partial charge in [-0.25, -0.2) is 0 Å². The van der Waals surface area contributed by atoms with Gasteiger partial charge in [0.25, 0.3) is 5.75 Å². The monoisotopic (exact) mass is 228 g/mol. The molecule has 0 radical (unpaired) electrons. The van der Waals surface area contributed by atoms with E-state index in [0.29, 0.717) is 0 Å². The lowest BCUT2D eigenvalue weighted by Gasteiger charge is -2.06. The maximum atomic E-state index is 11.6. The zero-order chi connectivity index (χ0) is 10.5. The van der Waals surface area contributed by atoms with Crippen LogP contribution >= 0.6 is 7.82 Å². The van der Waals surface area contributed by atoms with E-state index < -0.39 is 13.8 Å². The van der Waals surface area contributed by atoms with E-state index >= 15 is 0 Å². The average molecular weight is 228 g/mol. The van der Waals surface area contributed by atoms with Crippen LogP contribution < -0.4 is 13.6 Å². The van der Waals surface area contributed by atoms with Crippen LogP contribution in [0, 0.1) is 0 Å². The van der Waals surface area contributed by atoms with Gasteiger partial charge in [-0.05, 0) is 12.1 Å². The molecule has 0 saturated carbocycles. The second-order valence-corrected chi connectivity index (χ2v) is 4.30. The summed E-state index contributed by atoms with van der Waals surface area (Å²) in [6.45, 7) is 0. The molecule has 7 heteroatoms. The van der Waals surface area contributed by atoms with Crippen molar-refractivity contribution in [2.45, 2.75) is 0 Å². The highest BCUT2D eigenvalue weighted by Crippen LogP contribution is 2.69. The van der Waals surface area contributed by atoms with Gasteiger partial charge < -0.3 is 23.1 Å². The Morgan fingerprint density at radius 2 is 1.93 bits per heavy atom.